The van der Waals surface area contributed by atoms with Crippen LogP contribution in [0.3, 0.4) is 0 Å². The van der Waals surface area contributed by atoms with Crippen LogP contribution in [0.2, 0.25) is 0 Å². The second kappa shape index (κ2) is 7.83. The van der Waals surface area contributed by atoms with E-state index >= 15 is 0 Å². The van der Waals surface area contributed by atoms with Gasteiger partial charge in [0.2, 0.25) is 0 Å². The van der Waals surface area contributed by atoms with Gasteiger partial charge < -0.3 is 14.5 Å². The summed E-state index contributed by atoms with van der Waals surface area (Å²) in [6.45, 7) is 1.92. The van der Waals surface area contributed by atoms with Crippen molar-refractivity contribution in [2.75, 3.05) is 39.2 Å². The average molecular weight is 396 g/mol. The first-order valence-electron chi connectivity index (χ1n) is 9.75. The number of pyridine rings is 1. The molecule has 0 amide bonds. The maximum Gasteiger partial charge on any atom is 0.258 e. The molecule has 0 spiro atoms. The van der Waals surface area contributed by atoms with Gasteiger partial charge in [0.25, 0.3) is 5.56 Å². The van der Waals surface area contributed by atoms with Crippen LogP contribution in [0.1, 0.15) is 12.8 Å². The first kappa shape index (κ1) is 19.4. The van der Waals surface area contributed by atoms with E-state index in [1.54, 1.807) is 10.5 Å². The monoisotopic (exact) mass is 396 g/mol. The molecule has 0 aliphatic carbocycles. The van der Waals surface area contributed by atoms with Gasteiger partial charge in [-0.3, -0.25) is 9.20 Å². The van der Waals surface area contributed by atoms with Crippen molar-refractivity contribution in [2.45, 2.75) is 18.9 Å². The van der Waals surface area contributed by atoms with Gasteiger partial charge in [-0.15, -0.1) is 0 Å². The smallest absolute Gasteiger partial charge is 0.258 e. The van der Waals surface area contributed by atoms with E-state index in [2.05, 4.69) is 28.9 Å². The minimum Gasteiger partial charge on any atom is -0.494 e. The van der Waals surface area contributed by atoms with Gasteiger partial charge in [-0.05, 0) is 57.3 Å². The molecule has 0 unspecified atom stereocenters. The largest absolute Gasteiger partial charge is 0.494 e. The molecule has 1 aromatic carbocycles. The summed E-state index contributed by atoms with van der Waals surface area (Å²) >= 11 is 0. The molecule has 0 N–H and O–H groups in total. The van der Waals surface area contributed by atoms with E-state index in [1.807, 2.05) is 18.3 Å². The number of rotatable bonds is 4. The number of benzene rings is 1. The molecule has 2 aromatic heterocycles. The molecule has 1 saturated heterocycles. The Morgan fingerprint density at radius 1 is 1.14 bits per heavy atom. The van der Waals surface area contributed by atoms with Crippen molar-refractivity contribution < 1.29 is 9.13 Å². The summed E-state index contributed by atoms with van der Waals surface area (Å²) in [6, 6.07) is 10.5. The lowest BCUT2D eigenvalue weighted by Crippen LogP contribution is -2.42. The summed E-state index contributed by atoms with van der Waals surface area (Å²) in [5.74, 6) is -0.322. The average Bonchev–Trinajstić information content (AvgIpc) is 2.73. The summed E-state index contributed by atoms with van der Waals surface area (Å²) in [7, 11) is 5.65. The summed E-state index contributed by atoms with van der Waals surface area (Å²) < 4.78 is 20.5. The van der Waals surface area contributed by atoms with Crippen LogP contribution < -0.4 is 15.2 Å². The summed E-state index contributed by atoms with van der Waals surface area (Å²) in [6.07, 6.45) is 4.04. The van der Waals surface area contributed by atoms with Gasteiger partial charge in [0, 0.05) is 37.0 Å². The normalized spacial score (nSPS) is 15.3. The molecule has 4 rings (SSSR count). The summed E-state index contributed by atoms with van der Waals surface area (Å²) in [4.78, 5) is 21.9. The Morgan fingerprint density at radius 3 is 2.55 bits per heavy atom. The fourth-order valence-corrected chi connectivity index (χ4v) is 3.89. The van der Waals surface area contributed by atoms with Crippen molar-refractivity contribution in [3.8, 4) is 17.0 Å². The maximum absolute atomic E-state index is 14.0. The van der Waals surface area contributed by atoms with Crippen molar-refractivity contribution in [1.82, 2.24) is 14.3 Å². The Hall–Kier alpha value is -2.93. The molecular formula is C22H25FN4O2. The molecule has 3 aromatic rings. The molecule has 7 heteroatoms. The number of halogens is 1. The minimum atomic E-state index is -0.483. The molecule has 0 saturated carbocycles. The second-order valence-electron chi connectivity index (χ2n) is 7.63. The zero-order valence-corrected chi connectivity index (χ0v) is 16.9. The van der Waals surface area contributed by atoms with Crippen LogP contribution in [0.5, 0.6) is 5.75 Å². The first-order valence-corrected chi connectivity index (χ1v) is 9.75. The molecule has 3 heterocycles. The highest BCUT2D eigenvalue weighted by Gasteiger charge is 2.21. The van der Waals surface area contributed by atoms with Crippen LogP contribution in [0, 0.1) is 5.82 Å². The highest BCUT2D eigenvalue weighted by molar-refractivity contribution is 5.63. The standard InChI is InChI=1S/C22H25FN4O2/c1-25(2)16-8-10-26(11-9-16)17-5-7-21-24-19(13-22(28)27(21)14-17)15-4-6-20(29-3)18(23)12-15/h4-7,12-14,16H,8-11H2,1-3H3. The fourth-order valence-electron chi connectivity index (χ4n) is 3.89. The molecule has 0 bridgehead atoms. The quantitative estimate of drug-likeness (QED) is 0.679. The van der Waals surface area contributed by atoms with Crippen molar-refractivity contribution in [3.63, 3.8) is 0 Å². The van der Waals surface area contributed by atoms with Crippen molar-refractivity contribution in [1.29, 1.82) is 0 Å². The topological polar surface area (TPSA) is 50.1 Å². The zero-order valence-electron chi connectivity index (χ0n) is 16.9. The summed E-state index contributed by atoms with van der Waals surface area (Å²) in [5, 5.41) is 0. The van der Waals surface area contributed by atoms with Gasteiger partial charge in [-0.1, -0.05) is 0 Å². The van der Waals surface area contributed by atoms with E-state index in [4.69, 9.17) is 4.74 Å². The van der Waals surface area contributed by atoms with Crippen molar-refractivity contribution in [2.24, 2.45) is 0 Å². The molecule has 29 heavy (non-hydrogen) atoms. The van der Waals surface area contributed by atoms with Gasteiger partial charge in [0.05, 0.1) is 18.5 Å². The van der Waals surface area contributed by atoms with Crippen LogP contribution in [0.15, 0.2) is 47.4 Å². The van der Waals surface area contributed by atoms with E-state index < -0.39 is 5.82 Å². The van der Waals surface area contributed by atoms with Gasteiger partial charge in [0.1, 0.15) is 5.65 Å². The third kappa shape index (κ3) is 3.82. The number of hydrogen-bond donors (Lipinski definition) is 0. The highest BCUT2D eigenvalue weighted by atomic mass is 19.1. The lowest BCUT2D eigenvalue weighted by Gasteiger charge is -2.36. The van der Waals surface area contributed by atoms with Gasteiger partial charge >= 0.3 is 0 Å². The molecule has 152 valence electrons. The van der Waals surface area contributed by atoms with E-state index in [1.165, 1.54) is 25.3 Å². The van der Waals surface area contributed by atoms with E-state index in [0.717, 1.165) is 31.6 Å². The number of nitrogens with zero attached hydrogens (tertiary/aromatic N) is 4. The number of ether oxygens (including phenoxy) is 1. The molecule has 0 radical (unpaired) electrons. The first-order chi connectivity index (χ1) is 14.0. The fraction of sp³-hybridized carbons (Fsp3) is 0.364. The molecule has 6 nitrogen and oxygen atoms in total. The Balaban J connectivity index is 1.64. The lowest BCUT2D eigenvalue weighted by molar-refractivity contribution is 0.249. The van der Waals surface area contributed by atoms with Crippen LogP contribution in [-0.2, 0) is 0 Å². The number of fused-ring (bicyclic) bond motifs is 1. The van der Waals surface area contributed by atoms with Gasteiger partial charge in [-0.2, -0.15) is 0 Å². The van der Waals surface area contributed by atoms with Crippen LogP contribution in [-0.4, -0.2) is 54.6 Å². The van der Waals surface area contributed by atoms with Crippen LogP contribution in [0.4, 0.5) is 10.1 Å². The van der Waals surface area contributed by atoms with E-state index in [9.17, 15) is 9.18 Å². The van der Waals surface area contributed by atoms with E-state index in [-0.39, 0.29) is 11.3 Å². The van der Waals surface area contributed by atoms with Crippen molar-refractivity contribution >= 4 is 11.3 Å². The number of hydrogen-bond acceptors (Lipinski definition) is 5. The lowest BCUT2D eigenvalue weighted by atomic mass is 10.0. The second-order valence-corrected chi connectivity index (χ2v) is 7.63. The van der Waals surface area contributed by atoms with Gasteiger partial charge in [-0.25, -0.2) is 9.37 Å². The summed E-state index contributed by atoms with van der Waals surface area (Å²) in [5.41, 5.74) is 2.34. The Bertz CT molecular complexity index is 1090. The maximum atomic E-state index is 14.0. The molecule has 1 fully saturated rings. The third-order valence-corrected chi connectivity index (χ3v) is 5.65. The molecular weight excluding hydrogens is 371 g/mol. The Morgan fingerprint density at radius 2 is 1.90 bits per heavy atom. The molecule has 1 aliphatic rings. The third-order valence-electron chi connectivity index (χ3n) is 5.65. The molecule has 1 aliphatic heterocycles. The van der Waals surface area contributed by atoms with E-state index in [0.29, 0.717) is 22.9 Å². The Labute approximate surface area is 169 Å². The SMILES string of the molecule is COc1ccc(-c2cc(=O)n3cc(N4CCC(N(C)C)CC4)ccc3n2)cc1F. The molecule has 0 atom stereocenters. The predicted molar refractivity (Wildman–Crippen MR) is 112 cm³/mol. The number of anilines is 1. The van der Waals surface area contributed by atoms with Crippen LogP contribution in [0.25, 0.3) is 16.9 Å². The highest BCUT2D eigenvalue weighted by Crippen LogP contribution is 2.25. The predicted octanol–water partition coefficient (Wildman–Crippen LogP) is 3.04. The van der Waals surface area contributed by atoms with Gasteiger partial charge in [0.15, 0.2) is 11.6 Å². The Kier molecular flexibility index (Phi) is 5.24. The zero-order chi connectivity index (χ0) is 20.5. The van der Waals surface area contributed by atoms with Crippen LogP contribution >= 0.6 is 0 Å². The van der Waals surface area contributed by atoms with Crippen molar-refractivity contribution in [3.05, 3.63) is 58.8 Å². The number of piperidine rings is 1. The minimum absolute atomic E-state index is 0.161. The number of aromatic nitrogens is 2. The number of methoxy groups -OCH3 is 1.